The quantitative estimate of drug-likeness (QED) is 0.783. The minimum atomic E-state index is -4.34. The number of rotatable bonds is 5. The normalized spacial score (nSPS) is 13.8. The van der Waals surface area contributed by atoms with Crippen LogP contribution in [0.2, 0.25) is 5.02 Å². The van der Waals surface area contributed by atoms with E-state index in [1.54, 1.807) is 0 Å². The number of halogens is 2. The van der Waals surface area contributed by atoms with E-state index in [2.05, 4.69) is 9.46 Å². The summed E-state index contributed by atoms with van der Waals surface area (Å²) in [6, 6.07) is 3.48. The van der Waals surface area contributed by atoms with Crippen LogP contribution < -0.4 is 4.72 Å². The molecule has 21 heavy (non-hydrogen) atoms. The number of hydrogen-bond donors (Lipinski definition) is 2. The Labute approximate surface area is 126 Å². The van der Waals surface area contributed by atoms with Crippen molar-refractivity contribution in [2.75, 3.05) is 7.11 Å². The molecule has 0 amide bonds. The summed E-state index contributed by atoms with van der Waals surface area (Å²) in [6.45, 7) is 2.52. The van der Waals surface area contributed by atoms with Crippen LogP contribution in [0, 0.1) is 5.82 Å². The minimum Gasteiger partial charge on any atom is -0.467 e. The molecule has 1 aromatic rings. The maximum Gasteiger partial charge on any atom is 0.336 e. The molecule has 0 saturated heterocycles. The number of carbonyl (C=O) groups excluding carboxylic acids is 1. The summed E-state index contributed by atoms with van der Waals surface area (Å²) >= 11 is 5.54. The fourth-order valence-electron chi connectivity index (χ4n) is 1.55. The lowest BCUT2D eigenvalue weighted by molar-refractivity contribution is -0.153. The second-order valence-corrected chi connectivity index (χ2v) is 6.86. The Morgan fingerprint density at radius 2 is 2.05 bits per heavy atom. The van der Waals surface area contributed by atoms with Gasteiger partial charge in [-0.25, -0.2) is 22.3 Å². The lowest BCUT2D eigenvalue weighted by atomic mass is 9.99. The highest BCUT2D eigenvalue weighted by atomic mass is 35.5. The molecule has 0 aliphatic heterocycles. The van der Waals surface area contributed by atoms with Crippen LogP contribution in [0.5, 0.6) is 0 Å². The van der Waals surface area contributed by atoms with E-state index in [4.69, 9.17) is 11.6 Å². The van der Waals surface area contributed by atoms with Crippen LogP contribution in [0.15, 0.2) is 23.1 Å². The van der Waals surface area contributed by atoms with E-state index in [1.807, 2.05) is 0 Å². The Kier molecular flexibility index (Phi) is 5.32. The van der Waals surface area contributed by atoms with Gasteiger partial charge in [0.25, 0.3) is 0 Å². The zero-order valence-electron chi connectivity index (χ0n) is 11.6. The van der Waals surface area contributed by atoms with Gasteiger partial charge in [0, 0.05) is 0 Å². The number of benzene rings is 1. The number of methoxy groups -OCH3 is 1. The molecule has 0 aliphatic rings. The van der Waals surface area contributed by atoms with Crippen molar-refractivity contribution in [1.82, 2.24) is 4.72 Å². The average Bonchev–Trinajstić information content (AvgIpc) is 2.38. The van der Waals surface area contributed by atoms with Crippen molar-refractivity contribution in [2.24, 2.45) is 0 Å². The van der Waals surface area contributed by atoms with E-state index in [9.17, 15) is 22.7 Å². The second kappa shape index (κ2) is 6.27. The van der Waals surface area contributed by atoms with Crippen molar-refractivity contribution >= 4 is 27.6 Å². The van der Waals surface area contributed by atoms with Crippen molar-refractivity contribution in [3.8, 4) is 0 Å². The third-order valence-corrected chi connectivity index (χ3v) is 4.69. The molecule has 0 aliphatic carbocycles. The van der Waals surface area contributed by atoms with Gasteiger partial charge in [-0.2, -0.15) is 0 Å². The molecule has 0 saturated carbocycles. The van der Waals surface area contributed by atoms with Crippen LogP contribution in [-0.4, -0.2) is 38.2 Å². The Balaban J connectivity index is 3.16. The highest BCUT2D eigenvalue weighted by molar-refractivity contribution is 7.89. The fourth-order valence-corrected chi connectivity index (χ4v) is 3.30. The Morgan fingerprint density at radius 1 is 1.48 bits per heavy atom. The van der Waals surface area contributed by atoms with Gasteiger partial charge in [-0.15, -0.1) is 0 Å². The number of hydrogen-bond acceptors (Lipinski definition) is 5. The predicted molar refractivity (Wildman–Crippen MR) is 73.8 cm³/mol. The number of aliphatic hydroxyl groups excluding tert-OH is 1. The second-order valence-electron chi connectivity index (χ2n) is 4.80. The third-order valence-electron chi connectivity index (χ3n) is 2.71. The highest BCUT2D eigenvalue weighted by Crippen LogP contribution is 2.23. The zero-order valence-corrected chi connectivity index (χ0v) is 13.1. The number of nitrogens with one attached hydrogen (secondary N) is 1. The number of ether oxygens (including phenoxy) is 1. The maximum absolute atomic E-state index is 13.8. The third kappa shape index (κ3) is 3.91. The summed E-state index contributed by atoms with van der Waals surface area (Å²) in [5.74, 6) is -2.13. The van der Waals surface area contributed by atoms with E-state index in [0.29, 0.717) is 0 Å². The van der Waals surface area contributed by atoms with Crippen LogP contribution in [-0.2, 0) is 19.6 Å². The van der Waals surface area contributed by atoms with E-state index in [-0.39, 0.29) is 5.02 Å². The molecule has 1 aromatic carbocycles. The molecule has 0 spiro atoms. The van der Waals surface area contributed by atoms with Crippen LogP contribution in [0.4, 0.5) is 4.39 Å². The van der Waals surface area contributed by atoms with Crippen LogP contribution >= 0.6 is 11.6 Å². The summed E-state index contributed by atoms with van der Waals surface area (Å²) in [5.41, 5.74) is -1.61. The van der Waals surface area contributed by atoms with Gasteiger partial charge in [0.2, 0.25) is 10.0 Å². The highest BCUT2D eigenvalue weighted by Gasteiger charge is 2.39. The lowest BCUT2D eigenvalue weighted by Gasteiger charge is -2.29. The van der Waals surface area contributed by atoms with Gasteiger partial charge < -0.3 is 9.84 Å². The molecule has 1 unspecified atom stereocenters. The minimum absolute atomic E-state index is 0.357. The fraction of sp³-hybridized carbons (Fsp3) is 0.417. The van der Waals surface area contributed by atoms with Gasteiger partial charge in [-0.1, -0.05) is 17.7 Å². The van der Waals surface area contributed by atoms with Crippen molar-refractivity contribution in [3.63, 3.8) is 0 Å². The number of aliphatic hydroxyl groups is 1. The predicted octanol–water partition coefficient (Wildman–Crippen LogP) is 1.07. The van der Waals surface area contributed by atoms with Crippen LogP contribution in [0.3, 0.4) is 0 Å². The molecule has 0 radical (unpaired) electrons. The lowest BCUT2D eigenvalue weighted by Crippen LogP contribution is -2.55. The first-order chi connectivity index (χ1) is 9.53. The first-order valence-corrected chi connectivity index (χ1v) is 7.63. The number of sulfonamides is 1. The molecule has 0 aromatic heterocycles. The topological polar surface area (TPSA) is 92.7 Å². The van der Waals surface area contributed by atoms with E-state index in [1.165, 1.54) is 26.0 Å². The summed E-state index contributed by atoms with van der Waals surface area (Å²) in [6.07, 6.45) is -1.76. The Hall–Kier alpha value is -1.22. The van der Waals surface area contributed by atoms with Gasteiger partial charge >= 0.3 is 5.97 Å². The summed E-state index contributed by atoms with van der Waals surface area (Å²) in [5, 5.41) is 9.40. The standard InChI is InChI=1S/C12H15ClFNO5S/c1-12(2,10(16)11(17)20-3)15-21(18,19)8-6-4-5-7(13)9(8)14/h4-6,10,15-16H,1-3H3. The first-order valence-electron chi connectivity index (χ1n) is 5.77. The molecule has 1 rings (SSSR count). The molecule has 0 fully saturated rings. The summed E-state index contributed by atoms with van der Waals surface area (Å²) < 4.78 is 44.5. The molecule has 118 valence electrons. The SMILES string of the molecule is COC(=O)C(O)C(C)(C)NS(=O)(=O)c1cccc(Cl)c1F. The van der Waals surface area contributed by atoms with Gasteiger partial charge in [0.1, 0.15) is 4.90 Å². The van der Waals surface area contributed by atoms with Crippen molar-refractivity contribution in [3.05, 3.63) is 29.0 Å². The van der Waals surface area contributed by atoms with Crippen molar-refractivity contribution in [1.29, 1.82) is 0 Å². The molecule has 1 atom stereocenters. The van der Waals surface area contributed by atoms with E-state index in [0.717, 1.165) is 13.2 Å². The van der Waals surface area contributed by atoms with E-state index < -0.39 is 38.3 Å². The van der Waals surface area contributed by atoms with Crippen LogP contribution in [0.25, 0.3) is 0 Å². The average molecular weight is 340 g/mol. The number of esters is 1. The zero-order chi connectivity index (χ0) is 16.4. The molecule has 6 nitrogen and oxygen atoms in total. The van der Waals surface area contributed by atoms with Gasteiger partial charge in [0.05, 0.1) is 17.7 Å². The van der Waals surface area contributed by atoms with Crippen molar-refractivity contribution in [2.45, 2.75) is 30.4 Å². The Morgan fingerprint density at radius 3 is 2.57 bits per heavy atom. The largest absolute Gasteiger partial charge is 0.467 e. The Bertz CT molecular complexity index is 647. The molecule has 0 heterocycles. The molecular formula is C12H15ClFNO5S. The summed E-state index contributed by atoms with van der Waals surface area (Å²) in [7, 11) is -3.29. The monoisotopic (exact) mass is 339 g/mol. The first kappa shape index (κ1) is 17.8. The molecule has 9 heteroatoms. The van der Waals surface area contributed by atoms with Crippen molar-refractivity contribution < 1.29 is 27.4 Å². The number of carbonyl (C=O) groups is 1. The summed E-state index contributed by atoms with van der Waals surface area (Å²) in [4.78, 5) is 10.6. The van der Waals surface area contributed by atoms with Gasteiger partial charge in [-0.3, -0.25) is 0 Å². The smallest absolute Gasteiger partial charge is 0.336 e. The van der Waals surface area contributed by atoms with Gasteiger partial charge in [0.15, 0.2) is 11.9 Å². The molecule has 2 N–H and O–H groups in total. The van der Waals surface area contributed by atoms with Gasteiger partial charge in [-0.05, 0) is 26.0 Å². The molecule has 0 bridgehead atoms. The molecular weight excluding hydrogens is 325 g/mol. The van der Waals surface area contributed by atoms with E-state index >= 15 is 0 Å². The van der Waals surface area contributed by atoms with Crippen LogP contribution in [0.1, 0.15) is 13.8 Å². The maximum atomic E-state index is 13.8.